The summed E-state index contributed by atoms with van der Waals surface area (Å²) < 4.78 is 32.9. The van der Waals surface area contributed by atoms with Crippen molar-refractivity contribution in [3.63, 3.8) is 0 Å². The number of hydrogen-bond acceptors (Lipinski definition) is 5. The smallest absolute Gasteiger partial charge is 0.251 e. The number of halogens is 3. The molecule has 224 valence electrons. The van der Waals surface area contributed by atoms with E-state index in [1.165, 1.54) is 17.7 Å². The Hall–Kier alpha value is -2.88. The second kappa shape index (κ2) is 17.8. The summed E-state index contributed by atoms with van der Waals surface area (Å²) in [5.74, 6) is -1.77. The number of carbonyl (C=O) groups excluding carboxylic acids is 1. The number of hydrogen-bond donors (Lipinski definition) is 4. The van der Waals surface area contributed by atoms with Gasteiger partial charge in [-0.25, -0.2) is 8.78 Å². The zero-order valence-corrected chi connectivity index (χ0v) is 24.8. The van der Waals surface area contributed by atoms with Crippen molar-refractivity contribution in [3.8, 4) is 0 Å². The number of carbonyl (C=O) groups is 1. The molecule has 0 aliphatic heterocycles. The van der Waals surface area contributed by atoms with E-state index in [-0.39, 0.29) is 31.3 Å². The number of methoxy groups -OCH3 is 1. The van der Waals surface area contributed by atoms with E-state index < -0.39 is 23.8 Å². The van der Waals surface area contributed by atoms with Crippen LogP contribution < -0.4 is 16.0 Å². The van der Waals surface area contributed by atoms with Crippen LogP contribution in [0.3, 0.4) is 0 Å². The Morgan fingerprint density at radius 2 is 1.63 bits per heavy atom. The average molecular weight is 590 g/mol. The molecular formula is C32H42ClF2N3O3. The fraction of sp³-hybridized carbons (Fsp3) is 0.406. The lowest BCUT2D eigenvalue weighted by atomic mass is 9.99. The van der Waals surface area contributed by atoms with Gasteiger partial charge in [0.05, 0.1) is 12.1 Å². The van der Waals surface area contributed by atoms with E-state index in [9.17, 15) is 18.7 Å². The van der Waals surface area contributed by atoms with Crippen molar-refractivity contribution < 1.29 is 23.4 Å². The molecule has 41 heavy (non-hydrogen) atoms. The van der Waals surface area contributed by atoms with Crippen LogP contribution in [0.15, 0.2) is 60.7 Å². The third kappa shape index (κ3) is 11.9. The van der Waals surface area contributed by atoms with Crippen LogP contribution in [-0.2, 0) is 30.7 Å². The number of aryl methyl sites for hydroxylation is 2. The second-order valence-corrected chi connectivity index (χ2v) is 10.2. The fourth-order valence-electron chi connectivity index (χ4n) is 4.65. The van der Waals surface area contributed by atoms with Gasteiger partial charge in [0, 0.05) is 45.0 Å². The van der Waals surface area contributed by atoms with Gasteiger partial charge in [-0.15, -0.1) is 12.4 Å². The molecule has 0 aliphatic rings. The summed E-state index contributed by atoms with van der Waals surface area (Å²) in [5.41, 5.74) is 5.01. The summed E-state index contributed by atoms with van der Waals surface area (Å²) in [5, 5.41) is 20.6. The summed E-state index contributed by atoms with van der Waals surface area (Å²) in [6, 6.07) is 16.3. The van der Waals surface area contributed by atoms with E-state index in [4.69, 9.17) is 4.74 Å². The molecule has 0 spiro atoms. The quantitative estimate of drug-likeness (QED) is 0.179. The van der Waals surface area contributed by atoms with Gasteiger partial charge in [0.15, 0.2) is 0 Å². The molecule has 1 amide bonds. The van der Waals surface area contributed by atoms with E-state index in [1.54, 1.807) is 13.2 Å². The summed E-state index contributed by atoms with van der Waals surface area (Å²) in [4.78, 5) is 13.3. The van der Waals surface area contributed by atoms with Crippen LogP contribution in [0.4, 0.5) is 8.78 Å². The van der Waals surface area contributed by atoms with Crippen LogP contribution in [0.5, 0.6) is 0 Å². The highest BCUT2D eigenvalue weighted by atomic mass is 35.5. The van der Waals surface area contributed by atoms with Gasteiger partial charge in [-0.3, -0.25) is 4.79 Å². The lowest BCUT2D eigenvalue weighted by molar-refractivity contribution is 0.0829. The van der Waals surface area contributed by atoms with Crippen LogP contribution in [0, 0.1) is 18.6 Å². The first-order valence-corrected chi connectivity index (χ1v) is 13.8. The zero-order valence-electron chi connectivity index (χ0n) is 24.0. The molecule has 3 rings (SSSR count). The first-order chi connectivity index (χ1) is 19.3. The molecule has 0 saturated heterocycles. The molecule has 4 N–H and O–H groups in total. The maximum absolute atomic E-state index is 13.9. The van der Waals surface area contributed by atoms with Gasteiger partial charge in [0.1, 0.15) is 11.6 Å². The minimum Gasteiger partial charge on any atom is -0.390 e. The minimum atomic E-state index is -1.00. The normalized spacial score (nSPS) is 12.4. The van der Waals surface area contributed by atoms with Crippen molar-refractivity contribution in [2.75, 3.05) is 26.8 Å². The van der Waals surface area contributed by atoms with Crippen LogP contribution in [0.1, 0.15) is 51.5 Å². The highest BCUT2D eigenvalue weighted by molar-refractivity contribution is 5.94. The summed E-state index contributed by atoms with van der Waals surface area (Å²) >= 11 is 0. The number of aliphatic hydroxyl groups is 1. The van der Waals surface area contributed by atoms with Gasteiger partial charge in [0.25, 0.3) is 5.91 Å². The fourth-order valence-corrected chi connectivity index (χ4v) is 4.65. The Balaban J connectivity index is 0.00000588. The standard InChI is InChI=1S/C32H41F2N3O3.ClH/c1-4-23-7-5-8-24(13-23)19-36-21-31(38)30(17-25-15-28(33)18-29(34)16-25)37-32(39)27-12-22(2)11-26(14-27)20-35-9-6-10-40-3;/h5,7-8,11-16,18,30-31,35-36,38H,4,6,9-10,17,19-21H2,1-3H3,(H,37,39);1H/t30-,31+;/m0./s1. The highest BCUT2D eigenvalue weighted by Crippen LogP contribution is 2.15. The topological polar surface area (TPSA) is 82.6 Å². The highest BCUT2D eigenvalue weighted by Gasteiger charge is 2.23. The van der Waals surface area contributed by atoms with Crippen molar-refractivity contribution in [2.24, 2.45) is 0 Å². The Bertz CT molecular complexity index is 1220. The van der Waals surface area contributed by atoms with E-state index in [0.717, 1.165) is 42.1 Å². The molecule has 0 saturated carbocycles. The van der Waals surface area contributed by atoms with Crippen molar-refractivity contribution >= 4 is 18.3 Å². The molecule has 9 heteroatoms. The van der Waals surface area contributed by atoms with Crippen LogP contribution in [0.25, 0.3) is 0 Å². The molecule has 0 aliphatic carbocycles. The molecule has 0 radical (unpaired) electrons. The lowest BCUT2D eigenvalue weighted by Gasteiger charge is -2.25. The first kappa shape index (κ1) is 34.3. The molecule has 0 bridgehead atoms. The predicted octanol–water partition coefficient (Wildman–Crippen LogP) is 4.88. The Kier molecular flexibility index (Phi) is 14.9. The monoisotopic (exact) mass is 589 g/mol. The second-order valence-electron chi connectivity index (χ2n) is 10.2. The summed E-state index contributed by atoms with van der Waals surface area (Å²) in [6.45, 7) is 6.80. The van der Waals surface area contributed by atoms with Crippen molar-refractivity contribution in [3.05, 3.63) is 106 Å². The van der Waals surface area contributed by atoms with Gasteiger partial charge in [-0.05, 0) is 79.3 Å². The van der Waals surface area contributed by atoms with Crippen molar-refractivity contribution in [2.45, 2.75) is 58.3 Å². The lowest BCUT2D eigenvalue weighted by Crippen LogP contribution is -2.48. The van der Waals surface area contributed by atoms with Gasteiger partial charge in [-0.2, -0.15) is 0 Å². The predicted molar refractivity (Wildman–Crippen MR) is 161 cm³/mol. The van der Waals surface area contributed by atoms with E-state index in [2.05, 4.69) is 35.0 Å². The Morgan fingerprint density at radius 3 is 2.34 bits per heavy atom. The van der Waals surface area contributed by atoms with Crippen LogP contribution in [0.2, 0.25) is 0 Å². The van der Waals surface area contributed by atoms with Gasteiger partial charge >= 0.3 is 0 Å². The third-order valence-corrected chi connectivity index (χ3v) is 6.67. The maximum atomic E-state index is 13.9. The summed E-state index contributed by atoms with van der Waals surface area (Å²) in [7, 11) is 1.67. The molecule has 3 aromatic rings. The minimum absolute atomic E-state index is 0. The van der Waals surface area contributed by atoms with Gasteiger partial charge in [-0.1, -0.05) is 42.8 Å². The molecule has 2 atom stereocenters. The Morgan fingerprint density at radius 1 is 0.927 bits per heavy atom. The summed E-state index contributed by atoms with van der Waals surface area (Å²) in [6.07, 6.45) is 0.873. The third-order valence-electron chi connectivity index (χ3n) is 6.67. The number of rotatable bonds is 16. The molecule has 0 aromatic heterocycles. The molecular weight excluding hydrogens is 548 g/mol. The molecule has 6 nitrogen and oxygen atoms in total. The Labute approximate surface area is 248 Å². The van der Waals surface area contributed by atoms with Crippen LogP contribution in [-0.4, -0.2) is 50.0 Å². The van der Waals surface area contributed by atoms with Crippen LogP contribution >= 0.6 is 12.4 Å². The van der Waals surface area contributed by atoms with E-state index in [1.807, 2.05) is 31.2 Å². The number of benzene rings is 3. The van der Waals surface area contributed by atoms with E-state index >= 15 is 0 Å². The SMILES string of the molecule is CCc1cccc(CNC[C@@H](O)[C@H](Cc2cc(F)cc(F)c2)NC(=O)c2cc(C)cc(CNCCCOC)c2)c1.Cl. The molecule has 0 heterocycles. The molecule has 3 aromatic carbocycles. The van der Waals surface area contributed by atoms with Crippen molar-refractivity contribution in [1.82, 2.24) is 16.0 Å². The average Bonchev–Trinajstić information content (AvgIpc) is 2.91. The van der Waals surface area contributed by atoms with E-state index in [0.29, 0.717) is 30.8 Å². The number of nitrogens with one attached hydrogen (secondary N) is 3. The number of aliphatic hydroxyl groups excluding tert-OH is 1. The molecule has 0 unspecified atom stereocenters. The number of amides is 1. The zero-order chi connectivity index (χ0) is 28.9. The number of ether oxygens (including phenoxy) is 1. The van der Waals surface area contributed by atoms with Crippen molar-refractivity contribution in [1.29, 1.82) is 0 Å². The van der Waals surface area contributed by atoms with Gasteiger partial charge < -0.3 is 25.8 Å². The first-order valence-electron chi connectivity index (χ1n) is 13.8. The maximum Gasteiger partial charge on any atom is 0.251 e. The molecule has 0 fully saturated rings. The largest absolute Gasteiger partial charge is 0.390 e. The van der Waals surface area contributed by atoms with Gasteiger partial charge in [0.2, 0.25) is 0 Å².